The normalized spacial score (nSPS) is 16.2. The van der Waals surface area contributed by atoms with Gasteiger partial charge in [-0.15, -0.1) is 0 Å². The Morgan fingerprint density at radius 1 is 1.17 bits per heavy atom. The molecular formula is C21H19FN4O3. The number of aromatic nitrogens is 2. The number of halogens is 1. The fourth-order valence-electron chi connectivity index (χ4n) is 3.26. The molecule has 148 valence electrons. The SMILES string of the molecule is O=C(NCc1nc(C2CC(=O)N(Cc3ccc(F)cc3)C2)no1)c1ccccc1. The highest BCUT2D eigenvalue weighted by Gasteiger charge is 2.33. The number of hydrogen-bond donors (Lipinski definition) is 1. The summed E-state index contributed by atoms with van der Waals surface area (Å²) in [6.45, 7) is 0.986. The first kappa shape index (κ1) is 18.8. The molecule has 1 aliphatic rings. The first-order chi connectivity index (χ1) is 14.1. The van der Waals surface area contributed by atoms with E-state index in [9.17, 15) is 14.0 Å². The summed E-state index contributed by atoms with van der Waals surface area (Å²) in [7, 11) is 0. The second-order valence-corrected chi connectivity index (χ2v) is 6.90. The van der Waals surface area contributed by atoms with E-state index in [1.807, 2.05) is 6.07 Å². The molecule has 0 spiro atoms. The summed E-state index contributed by atoms with van der Waals surface area (Å²) in [5.41, 5.74) is 1.41. The van der Waals surface area contributed by atoms with Gasteiger partial charge in [0.1, 0.15) is 5.82 Å². The number of carbonyl (C=O) groups excluding carboxylic acids is 2. The Bertz CT molecular complexity index is 1000. The summed E-state index contributed by atoms with van der Waals surface area (Å²) in [6, 6.07) is 14.9. The maximum Gasteiger partial charge on any atom is 0.251 e. The molecule has 4 rings (SSSR count). The van der Waals surface area contributed by atoms with Gasteiger partial charge in [-0.05, 0) is 29.8 Å². The molecule has 8 heteroatoms. The summed E-state index contributed by atoms with van der Waals surface area (Å²) in [5, 5.41) is 6.70. The second kappa shape index (κ2) is 8.22. The minimum absolute atomic E-state index is 0.0111. The van der Waals surface area contributed by atoms with Gasteiger partial charge < -0.3 is 14.7 Å². The van der Waals surface area contributed by atoms with Crippen LogP contribution in [0.25, 0.3) is 0 Å². The maximum atomic E-state index is 13.0. The van der Waals surface area contributed by atoms with Crippen LogP contribution >= 0.6 is 0 Å². The van der Waals surface area contributed by atoms with Gasteiger partial charge in [0, 0.05) is 31.0 Å². The zero-order chi connectivity index (χ0) is 20.2. The number of amides is 2. The van der Waals surface area contributed by atoms with Gasteiger partial charge in [0.25, 0.3) is 5.91 Å². The van der Waals surface area contributed by atoms with Crippen molar-refractivity contribution in [3.8, 4) is 0 Å². The monoisotopic (exact) mass is 394 g/mol. The number of hydrogen-bond acceptors (Lipinski definition) is 5. The first-order valence-corrected chi connectivity index (χ1v) is 9.26. The average molecular weight is 394 g/mol. The highest BCUT2D eigenvalue weighted by molar-refractivity contribution is 5.93. The lowest BCUT2D eigenvalue weighted by Gasteiger charge is -2.16. The fraction of sp³-hybridized carbons (Fsp3) is 0.238. The molecule has 1 atom stereocenters. The van der Waals surface area contributed by atoms with Crippen LogP contribution in [-0.4, -0.2) is 33.4 Å². The van der Waals surface area contributed by atoms with Crippen molar-refractivity contribution >= 4 is 11.8 Å². The summed E-state index contributed by atoms with van der Waals surface area (Å²) in [5.74, 6) is 0.0101. The molecule has 2 aromatic carbocycles. The third-order valence-corrected chi connectivity index (χ3v) is 4.79. The Morgan fingerprint density at radius 2 is 1.93 bits per heavy atom. The first-order valence-electron chi connectivity index (χ1n) is 9.26. The van der Waals surface area contributed by atoms with Crippen LogP contribution in [0.2, 0.25) is 0 Å². The molecule has 29 heavy (non-hydrogen) atoms. The van der Waals surface area contributed by atoms with E-state index in [2.05, 4.69) is 15.5 Å². The molecule has 0 bridgehead atoms. The van der Waals surface area contributed by atoms with Crippen molar-refractivity contribution in [1.29, 1.82) is 0 Å². The molecule has 0 aliphatic carbocycles. The summed E-state index contributed by atoms with van der Waals surface area (Å²) in [4.78, 5) is 30.4. The van der Waals surface area contributed by atoms with Crippen molar-refractivity contribution < 1.29 is 18.5 Å². The van der Waals surface area contributed by atoms with Crippen molar-refractivity contribution in [1.82, 2.24) is 20.4 Å². The van der Waals surface area contributed by atoms with Crippen LogP contribution in [0.4, 0.5) is 4.39 Å². The number of nitrogens with zero attached hydrogens (tertiary/aromatic N) is 3. The minimum Gasteiger partial charge on any atom is -0.343 e. The highest BCUT2D eigenvalue weighted by Crippen LogP contribution is 2.27. The Hall–Kier alpha value is -3.55. The van der Waals surface area contributed by atoms with E-state index in [4.69, 9.17) is 4.52 Å². The third kappa shape index (κ3) is 4.48. The van der Waals surface area contributed by atoms with E-state index in [1.165, 1.54) is 12.1 Å². The molecule has 2 heterocycles. The lowest BCUT2D eigenvalue weighted by Crippen LogP contribution is -2.24. The van der Waals surface area contributed by atoms with Crippen LogP contribution < -0.4 is 5.32 Å². The lowest BCUT2D eigenvalue weighted by molar-refractivity contribution is -0.128. The molecule has 0 saturated carbocycles. The Morgan fingerprint density at radius 3 is 2.69 bits per heavy atom. The van der Waals surface area contributed by atoms with E-state index >= 15 is 0 Å². The molecule has 1 N–H and O–H groups in total. The zero-order valence-electron chi connectivity index (χ0n) is 15.5. The van der Waals surface area contributed by atoms with Crippen LogP contribution in [0.3, 0.4) is 0 Å². The molecule has 0 radical (unpaired) electrons. The molecule has 1 aliphatic heterocycles. The highest BCUT2D eigenvalue weighted by atomic mass is 19.1. The van der Waals surface area contributed by atoms with E-state index in [0.29, 0.717) is 24.5 Å². The molecule has 1 unspecified atom stereocenters. The van der Waals surface area contributed by atoms with Crippen molar-refractivity contribution in [2.45, 2.75) is 25.4 Å². The zero-order valence-corrected chi connectivity index (χ0v) is 15.5. The minimum atomic E-state index is -0.307. The van der Waals surface area contributed by atoms with Crippen molar-refractivity contribution in [3.63, 3.8) is 0 Å². The summed E-state index contributed by atoms with van der Waals surface area (Å²) >= 11 is 0. The molecule has 1 fully saturated rings. The van der Waals surface area contributed by atoms with Crippen LogP contribution in [0.1, 0.15) is 40.0 Å². The van der Waals surface area contributed by atoms with E-state index in [0.717, 1.165) is 5.56 Å². The van der Waals surface area contributed by atoms with Crippen molar-refractivity contribution in [3.05, 3.63) is 83.3 Å². The van der Waals surface area contributed by atoms with E-state index < -0.39 is 0 Å². The quantitative estimate of drug-likeness (QED) is 0.694. The van der Waals surface area contributed by atoms with Gasteiger partial charge in [-0.3, -0.25) is 9.59 Å². The van der Waals surface area contributed by atoms with Gasteiger partial charge in [-0.25, -0.2) is 4.39 Å². The molecule has 1 saturated heterocycles. The van der Waals surface area contributed by atoms with Gasteiger partial charge in [0.2, 0.25) is 11.8 Å². The second-order valence-electron chi connectivity index (χ2n) is 6.90. The smallest absolute Gasteiger partial charge is 0.251 e. The topological polar surface area (TPSA) is 88.3 Å². The number of rotatable bonds is 6. The van der Waals surface area contributed by atoms with Gasteiger partial charge >= 0.3 is 0 Å². The Labute approximate surface area is 166 Å². The van der Waals surface area contributed by atoms with Gasteiger partial charge in [0.15, 0.2) is 5.82 Å². The van der Waals surface area contributed by atoms with Gasteiger partial charge in [-0.1, -0.05) is 35.5 Å². The summed E-state index contributed by atoms with van der Waals surface area (Å²) in [6.07, 6.45) is 0.288. The molecule has 1 aromatic heterocycles. The largest absolute Gasteiger partial charge is 0.343 e. The Kier molecular flexibility index (Phi) is 5.33. The van der Waals surface area contributed by atoms with Crippen LogP contribution in [-0.2, 0) is 17.9 Å². The van der Waals surface area contributed by atoms with Crippen LogP contribution in [0, 0.1) is 5.82 Å². The molecule has 3 aromatic rings. The predicted octanol–water partition coefficient (Wildman–Crippen LogP) is 2.65. The number of benzene rings is 2. The standard InChI is InChI=1S/C21H19FN4O3/c22-17-8-6-14(7-9-17)12-26-13-16(10-19(26)27)20-24-18(29-25-20)11-23-21(28)15-4-2-1-3-5-15/h1-9,16H,10-13H2,(H,23,28). The molecular weight excluding hydrogens is 375 g/mol. The molecule has 7 nitrogen and oxygen atoms in total. The predicted molar refractivity (Wildman–Crippen MR) is 101 cm³/mol. The number of carbonyl (C=O) groups is 2. The van der Waals surface area contributed by atoms with Gasteiger partial charge in [0.05, 0.1) is 6.54 Å². The lowest BCUT2D eigenvalue weighted by atomic mass is 10.1. The number of likely N-dealkylation sites (tertiary alicyclic amines) is 1. The number of nitrogens with one attached hydrogen (secondary N) is 1. The third-order valence-electron chi connectivity index (χ3n) is 4.79. The van der Waals surface area contributed by atoms with Crippen molar-refractivity contribution in [2.75, 3.05) is 6.54 Å². The van der Waals surface area contributed by atoms with E-state index in [1.54, 1.807) is 41.3 Å². The van der Waals surface area contributed by atoms with Crippen molar-refractivity contribution in [2.24, 2.45) is 0 Å². The average Bonchev–Trinajstić information content (AvgIpc) is 3.35. The molecule has 2 amide bonds. The van der Waals surface area contributed by atoms with Crippen LogP contribution in [0.15, 0.2) is 59.1 Å². The van der Waals surface area contributed by atoms with Crippen LogP contribution in [0.5, 0.6) is 0 Å². The van der Waals surface area contributed by atoms with Gasteiger partial charge in [-0.2, -0.15) is 4.98 Å². The fourth-order valence-corrected chi connectivity index (χ4v) is 3.26. The maximum absolute atomic E-state index is 13.0. The summed E-state index contributed by atoms with van der Waals surface area (Å²) < 4.78 is 18.3. The van der Waals surface area contributed by atoms with E-state index in [-0.39, 0.29) is 42.4 Å². The Balaban J connectivity index is 1.34.